The number of amides is 1. The van der Waals surface area contributed by atoms with E-state index in [1.165, 1.54) is 16.8 Å². The monoisotopic (exact) mass is 372 g/mol. The first-order valence-corrected chi connectivity index (χ1v) is 8.85. The molecule has 0 radical (unpaired) electrons. The average Bonchev–Trinajstić information content (AvgIpc) is 3.29. The number of benzene rings is 1. The van der Waals surface area contributed by atoms with Gasteiger partial charge in [-0.3, -0.25) is 4.79 Å². The standard InChI is InChI=1S/C19H18F2N4O2/c1-2-12-9-16(24-27-12)19(26)23-15-4-3-5-17-13(15)10-22-25(17)18-7-6-11(20)8-14(18)21/h6-10,15H,2-5H2,1H3,(H,23,26)/t15-/m1/s1. The first kappa shape index (κ1) is 17.4. The molecule has 1 amide bonds. The lowest BCUT2D eigenvalue weighted by atomic mass is 9.92. The summed E-state index contributed by atoms with van der Waals surface area (Å²) in [4.78, 5) is 12.5. The summed E-state index contributed by atoms with van der Waals surface area (Å²) in [5, 5.41) is 11.0. The summed E-state index contributed by atoms with van der Waals surface area (Å²) in [6, 6.07) is 4.77. The van der Waals surface area contributed by atoms with Crippen molar-refractivity contribution < 1.29 is 18.1 Å². The van der Waals surface area contributed by atoms with E-state index < -0.39 is 11.6 Å². The predicted molar refractivity (Wildman–Crippen MR) is 92.5 cm³/mol. The van der Waals surface area contributed by atoms with Crippen molar-refractivity contribution in [2.75, 3.05) is 0 Å². The van der Waals surface area contributed by atoms with Crippen molar-refractivity contribution in [1.82, 2.24) is 20.3 Å². The summed E-state index contributed by atoms with van der Waals surface area (Å²) in [6.45, 7) is 1.92. The molecule has 0 unspecified atom stereocenters. The topological polar surface area (TPSA) is 73.0 Å². The number of rotatable bonds is 4. The second-order valence-electron chi connectivity index (χ2n) is 6.50. The Balaban J connectivity index is 1.61. The molecule has 0 aliphatic heterocycles. The van der Waals surface area contributed by atoms with Crippen LogP contribution in [-0.2, 0) is 12.8 Å². The van der Waals surface area contributed by atoms with Gasteiger partial charge in [-0.25, -0.2) is 13.5 Å². The van der Waals surface area contributed by atoms with Crippen molar-refractivity contribution in [3.8, 4) is 5.69 Å². The third-order valence-electron chi connectivity index (χ3n) is 4.77. The van der Waals surface area contributed by atoms with E-state index in [2.05, 4.69) is 15.6 Å². The molecule has 2 heterocycles. The lowest BCUT2D eigenvalue weighted by Crippen LogP contribution is -2.31. The fourth-order valence-electron chi connectivity index (χ4n) is 3.39. The molecule has 2 aromatic heterocycles. The van der Waals surface area contributed by atoms with E-state index in [1.54, 1.807) is 12.3 Å². The summed E-state index contributed by atoms with van der Waals surface area (Å²) in [5.41, 5.74) is 2.06. The van der Waals surface area contributed by atoms with Crippen LogP contribution in [0, 0.1) is 11.6 Å². The van der Waals surface area contributed by atoms with Gasteiger partial charge in [-0.1, -0.05) is 12.1 Å². The van der Waals surface area contributed by atoms with Crippen LogP contribution < -0.4 is 5.32 Å². The number of halogens is 2. The van der Waals surface area contributed by atoms with E-state index in [0.717, 1.165) is 30.2 Å². The van der Waals surface area contributed by atoms with Crippen molar-refractivity contribution in [2.24, 2.45) is 0 Å². The highest BCUT2D eigenvalue weighted by Crippen LogP contribution is 2.32. The van der Waals surface area contributed by atoms with Gasteiger partial charge >= 0.3 is 0 Å². The molecule has 1 atom stereocenters. The maximum Gasteiger partial charge on any atom is 0.273 e. The molecule has 0 spiro atoms. The van der Waals surface area contributed by atoms with Crippen LogP contribution in [0.25, 0.3) is 5.69 Å². The summed E-state index contributed by atoms with van der Waals surface area (Å²) in [6.07, 6.45) is 4.54. The Kier molecular flexibility index (Phi) is 4.47. The second kappa shape index (κ2) is 6.94. The number of carbonyl (C=O) groups is 1. The predicted octanol–water partition coefficient (Wildman–Crippen LogP) is 3.51. The molecule has 0 saturated heterocycles. The van der Waals surface area contributed by atoms with Gasteiger partial charge in [0.15, 0.2) is 11.5 Å². The van der Waals surface area contributed by atoms with E-state index in [-0.39, 0.29) is 23.3 Å². The number of aromatic nitrogens is 3. The van der Waals surface area contributed by atoms with E-state index >= 15 is 0 Å². The summed E-state index contributed by atoms with van der Waals surface area (Å²) in [5.74, 6) is -0.996. The molecule has 1 aliphatic carbocycles. The van der Waals surface area contributed by atoms with Gasteiger partial charge in [0.05, 0.1) is 12.2 Å². The lowest BCUT2D eigenvalue weighted by molar-refractivity contribution is 0.0923. The zero-order valence-corrected chi connectivity index (χ0v) is 14.7. The molecule has 0 saturated carbocycles. The zero-order chi connectivity index (χ0) is 19.0. The smallest absolute Gasteiger partial charge is 0.273 e. The molecule has 8 heteroatoms. The molecule has 140 valence electrons. The van der Waals surface area contributed by atoms with Gasteiger partial charge in [-0.15, -0.1) is 0 Å². The summed E-state index contributed by atoms with van der Waals surface area (Å²) >= 11 is 0. The number of nitrogens with one attached hydrogen (secondary N) is 1. The SMILES string of the molecule is CCc1cc(C(=O)N[C@@H]2CCCc3c2cnn3-c2ccc(F)cc2F)no1. The minimum absolute atomic E-state index is 0.189. The largest absolute Gasteiger partial charge is 0.361 e. The maximum absolute atomic E-state index is 14.2. The Bertz CT molecular complexity index is 996. The number of hydrogen-bond acceptors (Lipinski definition) is 4. The maximum atomic E-state index is 14.2. The fraction of sp³-hybridized carbons (Fsp3) is 0.316. The van der Waals surface area contributed by atoms with Gasteiger partial charge in [-0.2, -0.15) is 5.10 Å². The summed E-state index contributed by atoms with van der Waals surface area (Å²) in [7, 11) is 0. The first-order chi connectivity index (χ1) is 13.1. The van der Waals surface area contributed by atoms with Gasteiger partial charge in [0.25, 0.3) is 5.91 Å². The quantitative estimate of drug-likeness (QED) is 0.761. The van der Waals surface area contributed by atoms with Crippen LogP contribution in [0.5, 0.6) is 0 Å². The van der Waals surface area contributed by atoms with E-state index in [4.69, 9.17) is 4.52 Å². The van der Waals surface area contributed by atoms with Crippen LogP contribution >= 0.6 is 0 Å². The number of carbonyl (C=O) groups excluding carboxylic acids is 1. The molecule has 27 heavy (non-hydrogen) atoms. The molecule has 1 aliphatic rings. The van der Waals surface area contributed by atoms with E-state index in [0.29, 0.717) is 18.6 Å². The van der Waals surface area contributed by atoms with Crippen molar-refractivity contribution in [3.63, 3.8) is 0 Å². The Morgan fingerprint density at radius 1 is 1.37 bits per heavy atom. The van der Waals surface area contributed by atoms with Crippen LogP contribution in [0.15, 0.2) is 35.0 Å². The number of fused-ring (bicyclic) bond motifs is 1. The molecule has 4 rings (SSSR count). The summed E-state index contributed by atoms with van der Waals surface area (Å²) < 4.78 is 33.9. The highest BCUT2D eigenvalue weighted by molar-refractivity contribution is 5.92. The highest BCUT2D eigenvalue weighted by atomic mass is 19.1. The molecule has 0 bridgehead atoms. The fourth-order valence-corrected chi connectivity index (χ4v) is 3.39. The zero-order valence-electron chi connectivity index (χ0n) is 14.7. The Morgan fingerprint density at radius 2 is 2.22 bits per heavy atom. The molecule has 1 N–H and O–H groups in total. The van der Waals surface area contributed by atoms with Crippen LogP contribution in [0.1, 0.15) is 53.3 Å². The Hall–Kier alpha value is -3.03. The van der Waals surface area contributed by atoms with Crippen molar-refractivity contribution in [1.29, 1.82) is 0 Å². The van der Waals surface area contributed by atoms with Gasteiger partial charge < -0.3 is 9.84 Å². The minimum Gasteiger partial charge on any atom is -0.361 e. The van der Waals surface area contributed by atoms with E-state index in [1.807, 2.05) is 6.92 Å². The Labute approximate surface area is 154 Å². The Morgan fingerprint density at radius 3 is 2.96 bits per heavy atom. The van der Waals surface area contributed by atoms with Crippen molar-refractivity contribution in [3.05, 3.63) is 64.8 Å². The molecule has 3 aromatic rings. The molecule has 1 aromatic carbocycles. The number of nitrogens with zero attached hydrogens (tertiary/aromatic N) is 3. The molecule has 0 fully saturated rings. The normalized spacial score (nSPS) is 16.2. The van der Waals surface area contributed by atoms with Crippen LogP contribution in [0.2, 0.25) is 0 Å². The number of hydrogen-bond donors (Lipinski definition) is 1. The molecule has 6 nitrogen and oxygen atoms in total. The minimum atomic E-state index is -0.679. The van der Waals surface area contributed by atoms with Crippen LogP contribution in [0.3, 0.4) is 0 Å². The van der Waals surface area contributed by atoms with Gasteiger partial charge in [-0.05, 0) is 31.4 Å². The third kappa shape index (κ3) is 3.22. The number of aryl methyl sites for hydroxylation is 1. The van der Waals surface area contributed by atoms with E-state index in [9.17, 15) is 13.6 Å². The second-order valence-corrected chi connectivity index (χ2v) is 6.50. The van der Waals surface area contributed by atoms with Gasteiger partial charge in [0.1, 0.15) is 17.3 Å². The van der Waals surface area contributed by atoms with Crippen molar-refractivity contribution >= 4 is 5.91 Å². The lowest BCUT2D eigenvalue weighted by Gasteiger charge is -2.24. The van der Waals surface area contributed by atoms with Gasteiger partial charge in [0.2, 0.25) is 0 Å². The van der Waals surface area contributed by atoms with Crippen LogP contribution in [0.4, 0.5) is 8.78 Å². The first-order valence-electron chi connectivity index (χ1n) is 8.85. The molecular weight excluding hydrogens is 354 g/mol. The van der Waals surface area contributed by atoms with Crippen LogP contribution in [-0.4, -0.2) is 20.8 Å². The third-order valence-corrected chi connectivity index (χ3v) is 4.77. The van der Waals surface area contributed by atoms with Crippen molar-refractivity contribution in [2.45, 2.75) is 38.6 Å². The highest BCUT2D eigenvalue weighted by Gasteiger charge is 2.27. The average molecular weight is 372 g/mol. The van der Waals surface area contributed by atoms with Gasteiger partial charge in [0, 0.05) is 29.8 Å². The molecular formula is C19H18F2N4O2.